The maximum Gasteiger partial charge on any atom is 0.318 e. The first-order valence-electron chi connectivity index (χ1n) is 4.73. The van der Waals surface area contributed by atoms with Crippen LogP contribution in [0.3, 0.4) is 0 Å². The summed E-state index contributed by atoms with van der Waals surface area (Å²) in [6.07, 6.45) is 0. The zero-order chi connectivity index (χ0) is 11.3. The number of ether oxygens (including phenoxy) is 1. The van der Waals surface area contributed by atoms with E-state index in [4.69, 9.17) is 15.9 Å². The monoisotopic (exact) mass is 268 g/mol. The van der Waals surface area contributed by atoms with Gasteiger partial charge in [0, 0.05) is 13.1 Å². The quantitative estimate of drug-likeness (QED) is 0.385. The van der Waals surface area contributed by atoms with E-state index in [1.54, 1.807) is 11.8 Å². The molecule has 0 aromatic rings. The molecule has 8 heteroatoms. The molecule has 1 atom stereocenters. The molecule has 6 nitrogen and oxygen atoms in total. The lowest BCUT2D eigenvalue weighted by Crippen LogP contribution is -2.48. The molecule has 0 bridgehead atoms. The summed E-state index contributed by atoms with van der Waals surface area (Å²) in [4.78, 5) is 13.3. The van der Waals surface area contributed by atoms with Crippen LogP contribution in [0.5, 0.6) is 0 Å². The van der Waals surface area contributed by atoms with Crippen LogP contribution in [0.4, 0.5) is 4.79 Å². The fourth-order valence-electron chi connectivity index (χ4n) is 1.25. The van der Waals surface area contributed by atoms with Crippen molar-refractivity contribution < 1.29 is 9.53 Å². The maximum absolute atomic E-state index is 11.6. The first-order valence-corrected chi connectivity index (χ1v) is 5.61. The van der Waals surface area contributed by atoms with Gasteiger partial charge in [0.1, 0.15) is 0 Å². The summed E-state index contributed by atoms with van der Waals surface area (Å²) in [5.41, 5.74) is 5.21. The van der Waals surface area contributed by atoms with Crippen molar-refractivity contribution in [3.8, 4) is 0 Å². The third-order valence-electron chi connectivity index (χ3n) is 1.93. The number of hydrogen-bond donors (Lipinski definition) is 3. The second-order valence-electron chi connectivity index (χ2n) is 3.17. The predicted molar refractivity (Wildman–Crippen MR) is 67.1 cm³/mol. The maximum atomic E-state index is 11.6. The second-order valence-corrected chi connectivity index (χ2v) is 4.56. The van der Waals surface area contributed by atoms with E-state index in [1.807, 2.05) is 0 Å². The normalized spacial score (nSPS) is 17.2. The Bertz CT molecular complexity index is 248. The van der Waals surface area contributed by atoms with Crippen molar-refractivity contribution in [2.24, 2.45) is 5.73 Å². The highest BCUT2D eigenvalue weighted by Crippen LogP contribution is 2.07. The number of nitrogens with two attached hydrogens (primary N) is 1. The number of halogens is 1. The molecule has 4 N–H and O–H groups in total. The Morgan fingerprint density at radius 3 is 2.62 bits per heavy atom. The first kappa shape index (κ1) is 15.3. The molecule has 1 aliphatic rings. The Morgan fingerprint density at radius 2 is 2.12 bits per heavy atom. The molecule has 0 radical (unpaired) electrons. The summed E-state index contributed by atoms with van der Waals surface area (Å²) in [6.45, 7) is 4.19. The van der Waals surface area contributed by atoms with E-state index < -0.39 is 0 Å². The van der Waals surface area contributed by atoms with Gasteiger partial charge >= 0.3 is 6.03 Å². The highest BCUT2D eigenvalue weighted by Gasteiger charge is 2.18. The number of urea groups is 1. The third kappa shape index (κ3) is 5.43. The molecular formula is C8H17ClN4O2S. The molecule has 94 valence electrons. The van der Waals surface area contributed by atoms with Gasteiger partial charge in [-0.1, -0.05) is 11.8 Å². The van der Waals surface area contributed by atoms with Gasteiger partial charge in [-0.05, 0) is 6.92 Å². The number of nitrogens with one attached hydrogen (secondary N) is 2. The number of nitrogens with zero attached hydrogens (tertiary/aromatic N) is 1. The Morgan fingerprint density at radius 1 is 1.56 bits per heavy atom. The summed E-state index contributed by atoms with van der Waals surface area (Å²) < 4.78 is 5.14. The van der Waals surface area contributed by atoms with Crippen LogP contribution in [-0.2, 0) is 4.74 Å². The number of morpholine rings is 1. The average molecular weight is 269 g/mol. The molecule has 0 aromatic heterocycles. The standard InChI is InChI=1S/C8H16N4O2S.ClH/c1-6(15-7(9)10)11-8(13)12-2-4-14-5-3-12;/h6H,2-5H2,1H3,(H3,9,10)(H,11,13);1H. The average Bonchev–Trinajstić information content (AvgIpc) is 2.17. The molecule has 1 aliphatic heterocycles. The van der Waals surface area contributed by atoms with Crippen molar-refractivity contribution in [1.82, 2.24) is 10.2 Å². The molecule has 0 aliphatic carbocycles. The number of amides is 2. The number of hydrogen-bond acceptors (Lipinski definition) is 4. The lowest BCUT2D eigenvalue weighted by atomic mass is 10.4. The van der Waals surface area contributed by atoms with Crippen LogP contribution in [-0.4, -0.2) is 47.8 Å². The summed E-state index contributed by atoms with van der Waals surface area (Å²) >= 11 is 1.12. The van der Waals surface area contributed by atoms with E-state index in [2.05, 4.69) is 5.32 Å². The van der Waals surface area contributed by atoms with Gasteiger partial charge in [0.15, 0.2) is 5.17 Å². The number of amidine groups is 1. The van der Waals surface area contributed by atoms with Crippen LogP contribution in [0.1, 0.15) is 6.92 Å². The summed E-state index contributed by atoms with van der Waals surface area (Å²) in [6, 6.07) is -0.125. The van der Waals surface area contributed by atoms with Crippen LogP contribution < -0.4 is 11.1 Å². The first-order chi connectivity index (χ1) is 7.09. The molecule has 0 spiro atoms. The lowest BCUT2D eigenvalue weighted by Gasteiger charge is -2.28. The molecule has 1 rings (SSSR count). The molecule has 1 heterocycles. The second kappa shape index (κ2) is 7.59. The van der Waals surface area contributed by atoms with Crippen molar-refractivity contribution in [3.05, 3.63) is 0 Å². The predicted octanol–water partition coefficient (Wildman–Crippen LogP) is 0.423. The smallest absolute Gasteiger partial charge is 0.318 e. The molecule has 1 unspecified atom stereocenters. The summed E-state index contributed by atoms with van der Waals surface area (Å²) in [5, 5.41) is 9.65. The van der Waals surface area contributed by atoms with Gasteiger partial charge in [-0.15, -0.1) is 12.4 Å². The molecule has 0 saturated carbocycles. The number of rotatable bonds is 2. The van der Waals surface area contributed by atoms with E-state index in [9.17, 15) is 4.79 Å². The topological polar surface area (TPSA) is 91.4 Å². The lowest BCUT2D eigenvalue weighted by molar-refractivity contribution is 0.0532. The summed E-state index contributed by atoms with van der Waals surface area (Å²) in [7, 11) is 0. The fourth-order valence-corrected chi connectivity index (χ4v) is 1.79. The van der Waals surface area contributed by atoms with Crippen LogP contribution >= 0.6 is 24.2 Å². The molecule has 1 saturated heterocycles. The van der Waals surface area contributed by atoms with Crippen LogP contribution in [0.2, 0.25) is 0 Å². The fraction of sp³-hybridized carbons (Fsp3) is 0.750. The molecule has 16 heavy (non-hydrogen) atoms. The third-order valence-corrected chi connectivity index (χ3v) is 2.65. The minimum Gasteiger partial charge on any atom is -0.379 e. The van der Waals surface area contributed by atoms with Gasteiger partial charge in [-0.2, -0.15) is 0 Å². The number of thioether (sulfide) groups is 1. The largest absolute Gasteiger partial charge is 0.379 e. The molecule has 0 aromatic carbocycles. The Labute approximate surface area is 105 Å². The van der Waals surface area contributed by atoms with Gasteiger partial charge in [0.05, 0.1) is 18.6 Å². The van der Waals surface area contributed by atoms with E-state index >= 15 is 0 Å². The highest BCUT2D eigenvalue weighted by atomic mass is 35.5. The molecular weight excluding hydrogens is 252 g/mol. The summed E-state index contributed by atoms with van der Waals surface area (Å²) in [5.74, 6) is 0. The van der Waals surface area contributed by atoms with Crippen molar-refractivity contribution in [3.63, 3.8) is 0 Å². The van der Waals surface area contributed by atoms with Gasteiger partial charge in [0.2, 0.25) is 0 Å². The highest BCUT2D eigenvalue weighted by molar-refractivity contribution is 8.14. The zero-order valence-electron chi connectivity index (χ0n) is 9.06. The number of carbonyl (C=O) groups excluding carboxylic acids is 1. The van der Waals surface area contributed by atoms with Crippen molar-refractivity contribution in [1.29, 1.82) is 5.41 Å². The zero-order valence-corrected chi connectivity index (χ0v) is 10.7. The Kier molecular flexibility index (Phi) is 7.27. The van der Waals surface area contributed by atoms with Crippen molar-refractivity contribution in [2.45, 2.75) is 12.3 Å². The van der Waals surface area contributed by atoms with Gasteiger partial charge in [-0.3, -0.25) is 5.41 Å². The van der Waals surface area contributed by atoms with Crippen LogP contribution in [0.15, 0.2) is 0 Å². The van der Waals surface area contributed by atoms with E-state index in [-0.39, 0.29) is 29.0 Å². The van der Waals surface area contributed by atoms with Gasteiger partial charge in [-0.25, -0.2) is 4.79 Å². The van der Waals surface area contributed by atoms with Crippen molar-refractivity contribution in [2.75, 3.05) is 26.3 Å². The van der Waals surface area contributed by atoms with Gasteiger partial charge in [0.25, 0.3) is 0 Å². The van der Waals surface area contributed by atoms with E-state index in [0.717, 1.165) is 11.8 Å². The SMILES string of the molecule is CC(NC(=O)N1CCOCC1)SC(=N)N.Cl. The Balaban J connectivity index is 0.00000225. The van der Waals surface area contributed by atoms with Crippen molar-refractivity contribution >= 4 is 35.4 Å². The molecule has 2 amide bonds. The number of carbonyl (C=O) groups is 1. The van der Waals surface area contributed by atoms with Crippen LogP contribution in [0.25, 0.3) is 0 Å². The van der Waals surface area contributed by atoms with E-state index in [0.29, 0.717) is 26.3 Å². The minimum atomic E-state index is -0.183. The molecule has 1 fully saturated rings. The van der Waals surface area contributed by atoms with Crippen LogP contribution in [0, 0.1) is 5.41 Å². The Hall–Kier alpha value is -0.660. The van der Waals surface area contributed by atoms with E-state index in [1.165, 1.54) is 0 Å². The minimum absolute atomic E-state index is 0. The van der Waals surface area contributed by atoms with Gasteiger partial charge < -0.3 is 20.7 Å².